The molecule has 1 atom stereocenters. The van der Waals surface area contributed by atoms with Gasteiger partial charge in [-0.2, -0.15) is 4.31 Å². The second-order valence-electron chi connectivity index (χ2n) is 7.62. The molecule has 1 saturated heterocycles. The normalized spacial score (nSPS) is 20.9. The minimum atomic E-state index is -3.51. The summed E-state index contributed by atoms with van der Waals surface area (Å²) in [6, 6.07) is 8.91. The van der Waals surface area contributed by atoms with E-state index in [0.29, 0.717) is 23.8 Å². The lowest BCUT2D eigenvalue weighted by Crippen LogP contribution is -2.47. The van der Waals surface area contributed by atoms with Crippen LogP contribution in [0.5, 0.6) is 0 Å². The fourth-order valence-corrected chi connectivity index (χ4v) is 5.28. The number of nitrogens with zero attached hydrogens (tertiary/aromatic N) is 5. The number of aryl methyl sites for hydroxylation is 1. The largest absolute Gasteiger partial charge is 0.382 e. The minimum absolute atomic E-state index is 0.207. The lowest BCUT2D eigenvalue weighted by molar-refractivity contribution is 0.222. The van der Waals surface area contributed by atoms with Crippen LogP contribution in [0.2, 0.25) is 0 Å². The highest BCUT2D eigenvalue weighted by molar-refractivity contribution is 7.89. The first-order valence-corrected chi connectivity index (χ1v) is 11.3. The third-order valence-electron chi connectivity index (χ3n) is 5.54. The van der Waals surface area contributed by atoms with Crippen LogP contribution in [-0.4, -0.2) is 62.0 Å². The molecule has 8 nitrogen and oxygen atoms in total. The summed E-state index contributed by atoms with van der Waals surface area (Å²) in [6.45, 7) is 4.42. The van der Waals surface area contributed by atoms with E-state index in [0.717, 1.165) is 29.9 Å². The number of rotatable bonds is 4. The Kier molecular flexibility index (Phi) is 5.59. The van der Waals surface area contributed by atoms with Crippen LogP contribution in [0.1, 0.15) is 17.2 Å². The lowest BCUT2D eigenvalue weighted by atomic mass is 10.00. The maximum absolute atomic E-state index is 13.1. The molecule has 158 valence electrons. The van der Waals surface area contributed by atoms with Crippen LogP contribution in [0.3, 0.4) is 0 Å². The molecule has 0 saturated carbocycles. The lowest BCUT2D eigenvalue weighted by Gasteiger charge is -2.33. The van der Waals surface area contributed by atoms with E-state index in [4.69, 9.17) is 5.73 Å². The molecule has 0 spiro atoms. The van der Waals surface area contributed by atoms with Gasteiger partial charge in [0.15, 0.2) is 0 Å². The van der Waals surface area contributed by atoms with Gasteiger partial charge in [0.05, 0.1) is 22.8 Å². The maximum atomic E-state index is 13.1. The van der Waals surface area contributed by atoms with Crippen LogP contribution >= 0.6 is 0 Å². The Bertz CT molecular complexity index is 1080. The molecule has 0 radical (unpaired) electrons. The van der Waals surface area contributed by atoms with Gasteiger partial charge in [0.25, 0.3) is 0 Å². The first-order chi connectivity index (χ1) is 14.4. The van der Waals surface area contributed by atoms with Gasteiger partial charge in [-0.3, -0.25) is 4.98 Å². The smallest absolute Gasteiger partial charge is 0.243 e. The number of sulfonamides is 1. The third-order valence-corrected chi connectivity index (χ3v) is 7.43. The molecule has 0 amide bonds. The molecule has 0 bridgehead atoms. The van der Waals surface area contributed by atoms with E-state index in [-0.39, 0.29) is 6.04 Å². The number of hydrogen-bond acceptors (Lipinski definition) is 7. The van der Waals surface area contributed by atoms with E-state index < -0.39 is 10.0 Å². The number of hydrogen-bond donors (Lipinski definition) is 1. The van der Waals surface area contributed by atoms with Gasteiger partial charge in [0, 0.05) is 44.8 Å². The van der Waals surface area contributed by atoms with Gasteiger partial charge in [0.2, 0.25) is 10.0 Å². The van der Waals surface area contributed by atoms with Crippen molar-refractivity contribution in [1.29, 1.82) is 0 Å². The second kappa shape index (κ2) is 8.17. The van der Waals surface area contributed by atoms with Crippen LogP contribution in [-0.2, 0) is 10.0 Å². The van der Waals surface area contributed by atoms with Gasteiger partial charge in [-0.1, -0.05) is 6.07 Å². The average molecular weight is 427 g/mol. The van der Waals surface area contributed by atoms with Crippen molar-refractivity contribution in [3.63, 3.8) is 0 Å². The molecule has 2 aliphatic heterocycles. The predicted molar refractivity (Wildman–Crippen MR) is 118 cm³/mol. The zero-order valence-electron chi connectivity index (χ0n) is 17.1. The SMILES string of the molecule is Cc1cc(S(=O)(=O)N2CCN(C)CC2)ccc1C1C=NC(N)=CN1c1cccnc1. The summed E-state index contributed by atoms with van der Waals surface area (Å²) < 4.78 is 27.8. The third kappa shape index (κ3) is 3.96. The van der Waals surface area contributed by atoms with Crippen molar-refractivity contribution in [3.05, 3.63) is 65.9 Å². The Morgan fingerprint density at radius 3 is 2.57 bits per heavy atom. The van der Waals surface area contributed by atoms with Crippen LogP contribution in [0, 0.1) is 6.92 Å². The highest BCUT2D eigenvalue weighted by Crippen LogP contribution is 2.32. The van der Waals surface area contributed by atoms with Gasteiger partial charge < -0.3 is 15.5 Å². The summed E-state index contributed by atoms with van der Waals surface area (Å²) in [5.74, 6) is 0.405. The molecule has 1 aromatic heterocycles. The van der Waals surface area contributed by atoms with Gasteiger partial charge in [-0.15, -0.1) is 0 Å². The molecule has 4 rings (SSSR count). The first kappa shape index (κ1) is 20.5. The summed E-state index contributed by atoms with van der Waals surface area (Å²) in [5.41, 5.74) is 8.65. The van der Waals surface area contributed by atoms with Crippen LogP contribution in [0.4, 0.5) is 5.69 Å². The predicted octanol–water partition coefficient (Wildman–Crippen LogP) is 1.72. The first-order valence-electron chi connectivity index (χ1n) is 9.85. The Balaban J connectivity index is 1.65. The molecular formula is C21H26N6O2S. The molecule has 2 aromatic rings. The van der Waals surface area contributed by atoms with E-state index in [2.05, 4.69) is 14.9 Å². The fraction of sp³-hybridized carbons (Fsp3) is 0.333. The Morgan fingerprint density at radius 1 is 1.13 bits per heavy atom. The fourth-order valence-electron chi connectivity index (χ4n) is 3.77. The van der Waals surface area contributed by atoms with E-state index >= 15 is 0 Å². The maximum Gasteiger partial charge on any atom is 0.243 e. The Labute approximate surface area is 177 Å². The molecule has 1 fully saturated rings. The standard InChI is InChI=1S/C21H26N6O2S/c1-16-12-18(30(28,29)26-10-8-25(2)9-11-26)5-6-19(16)20-14-24-21(22)15-27(20)17-4-3-7-23-13-17/h3-7,12-15,20H,8-11,22H2,1-2H3. The van der Waals surface area contributed by atoms with Crippen molar-refractivity contribution < 1.29 is 8.42 Å². The van der Waals surface area contributed by atoms with Crippen molar-refractivity contribution in [2.75, 3.05) is 38.1 Å². The van der Waals surface area contributed by atoms with Crippen molar-refractivity contribution in [1.82, 2.24) is 14.2 Å². The quantitative estimate of drug-likeness (QED) is 0.800. The van der Waals surface area contributed by atoms with E-state index in [9.17, 15) is 8.42 Å². The number of piperazine rings is 1. The zero-order chi connectivity index (χ0) is 21.3. The van der Waals surface area contributed by atoms with Gasteiger partial charge in [-0.25, -0.2) is 13.4 Å². The number of benzene rings is 1. The van der Waals surface area contributed by atoms with Crippen LogP contribution in [0.15, 0.2) is 64.6 Å². The molecule has 30 heavy (non-hydrogen) atoms. The summed E-state index contributed by atoms with van der Waals surface area (Å²) in [4.78, 5) is 12.9. The van der Waals surface area contributed by atoms with E-state index in [1.165, 1.54) is 0 Å². The van der Waals surface area contributed by atoms with Crippen LogP contribution in [0.25, 0.3) is 0 Å². The topological polar surface area (TPSA) is 95.1 Å². The molecule has 2 N–H and O–H groups in total. The molecule has 1 unspecified atom stereocenters. The molecule has 9 heteroatoms. The summed E-state index contributed by atoms with van der Waals surface area (Å²) in [6.07, 6.45) is 7.03. The number of nitrogens with two attached hydrogens (primary N) is 1. The molecule has 2 aliphatic rings. The number of pyridine rings is 1. The highest BCUT2D eigenvalue weighted by atomic mass is 32.2. The average Bonchev–Trinajstić information content (AvgIpc) is 2.75. The van der Waals surface area contributed by atoms with E-state index in [1.54, 1.807) is 41.2 Å². The van der Waals surface area contributed by atoms with Gasteiger partial charge in [-0.05, 0) is 49.4 Å². The molecule has 1 aromatic carbocycles. The molecule has 3 heterocycles. The number of anilines is 1. The zero-order valence-corrected chi connectivity index (χ0v) is 18.0. The molecular weight excluding hydrogens is 400 g/mol. The second-order valence-corrected chi connectivity index (χ2v) is 9.56. The number of aromatic nitrogens is 1. The van der Waals surface area contributed by atoms with Gasteiger partial charge >= 0.3 is 0 Å². The van der Waals surface area contributed by atoms with Crippen molar-refractivity contribution in [2.24, 2.45) is 10.7 Å². The number of aliphatic imine (C=N–C) groups is 1. The summed E-state index contributed by atoms with van der Waals surface area (Å²) in [5, 5.41) is 0. The minimum Gasteiger partial charge on any atom is -0.382 e. The van der Waals surface area contributed by atoms with Crippen LogP contribution < -0.4 is 10.6 Å². The van der Waals surface area contributed by atoms with Crippen molar-refractivity contribution in [3.8, 4) is 0 Å². The Hall–Kier alpha value is -2.75. The van der Waals surface area contributed by atoms with E-state index in [1.807, 2.05) is 37.1 Å². The number of likely N-dealkylation sites (N-methyl/N-ethyl adjacent to an activating group) is 1. The monoisotopic (exact) mass is 426 g/mol. The highest BCUT2D eigenvalue weighted by Gasteiger charge is 2.29. The summed E-state index contributed by atoms with van der Waals surface area (Å²) >= 11 is 0. The Morgan fingerprint density at radius 2 is 1.90 bits per heavy atom. The van der Waals surface area contributed by atoms with Crippen molar-refractivity contribution >= 4 is 21.9 Å². The van der Waals surface area contributed by atoms with Gasteiger partial charge in [0.1, 0.15) is 5.82 Å². The summed E-state index contributed by atoms with van der Waals surface area (Å²) in [7, 11) is -1.51. The van der Waals surface area contributed by atoms with Crippen molar-refractivity contribution in [2.45, 2.75) is 17.9 Å². The molecule has 0 aliphatic carbocycles.